The second kappa shape index (κ2) is 7.67. The van der Waals surface area contributed by atoms with Crippen molar-refractivity contribution < 1.29 is 9.53 Å². The van der Waals surface area contributed by atoms with Crippen LogP contribution in [-0.2, 0) is 0 Å². The third-order valence-electron chi connectivity index (χ3n) is 3.85. The number of anilines is 1. The van der Waals surface area contributed by atoms with Crippen LogP contribution in [0.5, 0.6) is 5.88 Å². The van der Waals surface area contributed by atoms with Crippen molar-refractivity contribution in [3.05, 3.63) is 36.7 Å². The lowest BCUT2D eigenvalue weighted by atomic mass is 10.0. The highest BCUT2D eigenvalue weighted by molar-refractivity contribution is 5.92. The molecule has 0 aromatic carbocycles. The van der Waals surface area contributed by atoms with Crippen LogP contribution in [0.1, 0.15) is 30.3 Å². The third-order valence-corrected chi connectivity index (χ3v) is 3.85. The normalized spacial score (nSPS) is 15.1. The summed E-state index contributed by atoms with van der Waals surface area (Å²) < 4.78 is 5.48. The second-order valence-corrected chi connectivity index (χ2v) is 5.44. The van der Waals surface area contributed by atoms with Crippen molar-refractivity contribution in [2.24, 2.45) is 0 Å². The first-order valence-electron chi connectivity index (χ1n) is 8.03. The first kappa shape index (κ1) is 16.1. The molecular weight excluding hydrogens is 308 g/mol. The van der Waals surface area contributed by atoms with Gasteiger partial charge >= 0.3 is 0 Å². The third kappa shape index (κ3) is 3.76. The summed E-state index contributed by atoms with van der Waals surface area (Å²) in [7, 11) is 0. The van der Waals surface area contributed by atoms with E-state index >= 15 is 0 Å². The summed E-state index contributed by atoms with van der Waals surface area (Å²) in [5, 5.41) is 3.37. The molecule has 3 heterocycles. The zero-order valence-corrected chi connectivity index (χ0v) is 13.6. The number of hydrogen-bond acceptors (Lipinski definition) is 7. The molecule has 8 heteroatoms. The van der Waals surface area contributed by atoms with Crippen molar-refractivity contribution in [2.45, 2.75) is 25.8 Å². The van der Waals surface area contributed by atoms with Gasteiger partial charge in [0.05, 0.1) is 12.8 Å². The fourth-order valence-electron chi connectivity index (χ4n) is 2.66. The molecule has 8 nitrogen and oxygen atoms in total. The summed E-state index contributed by atoms with van der Waals surface area (Å²) in [6, 6.07) is 0.229. The molecule has 1 amide bonds. The van der Waals surface area contributed by atoms with E-state index in [1.54, 1.807) is 18.6 Å². The molecule has 126 valence electrons. The zero-order chi connectivity index (χ0) is 16.8. The summed E-state index contributed by atoms with van der Waals surface area (Å²) >= 11 is 0. The Balaban J connectivity index is 1.57. The summed E-state index contributed by atoms with van der Waals surface area (Å²) in [6.45, 7) is 3.78. The van der Waals surface area contributed by atoms with Crippen LogP contribution >= 0.6 is 0 Å². The Morgan fingerprint density at radius 3 is 2.67 bits per heavy atom. The maximum absolute atomic E-state index is 12.4. The Kier molecular flexibility index (Phi) is 5.15. The lowest BCUT2D eigenvalue weighted by Crippen LogP contribution is -2.42. The minimum Gasteiger partial charge on any atom is -0.475 e. The van der Waals surface area contributed by atoms with E-state index < -0.39 is 0 Å². The van der Waals surface area contributed by atoms with Crippen LogP contribution in [-0.4, -0.2) is 56.5 Å². The average molecular weight is 328 g/mol. The highest BCUT2D eigenvalue weighted by atomic mass is 16.5. The molecule has 1 saturated heterocycles. The summed E-state index contributed by atoms with van der Waals surface area (Å²) in [4.78, 5) is 30.7. The van der Waals surface area contributed by atoms with Crippen molar-refractivity contribution in [1.82, 2.24) is 24.8 Å². The van der Waals surface area contributed by atoms with Crippen LogP contribution in [0.25, 0.3) is 0 Å². The molecule has 1 fully saturated rings. The van der Waals surface area contributed by atoms with Crippen LogP contribution < -0.4 is 10.1 Å². The van der Waals surface area contributed by atoms with E-state index in [0.717, 1.165) is 12.8 Å². The van der Waals surface area contributed by atoms with Crippen molar-refractivity contribution in [1.29, 1.82) is 0 Å². The molecule has 0 bridgehead atoms. The maximum Gasteiger partial charge on any atom is 0.274 e. The maximum atomic E-state index is 12.4. The number of hydrogen-bond donors (Lipinski definition) is 1. The molecule has 1 N–H and O–H groups in total. The number of nitrogens with zero attached hydrogens (tertiary/aromatic N) is 5. The number of carbonyl (C=O) groups is 1. The van der Waals surface area contributed by atoms with Crippen LogP contribution in [0.15, 0.2) is 31.0 Å². The van der Waals surface area contributed by atoms with E-state index in [1.807, 2.05) is 11.8 Å². The van der Waals surface area contributed by atoms with Gasteiger partial charge in [-0.3, -0.25) is 9.78 Å². The fourth-order valence-corrected chi connectivity index (χ4v) is 2.66. The lowest BCUT2D eigenvalue weighted by molar-refractivity contribution is 0.0712. The second-order valence-electron chi connectivity index (χ2n) is 5.44. The van der Waals surface area contributed by atoms with E-state index in [2.05, 4.69) is 25.3 Å². The number of likely N-dealkylation sites (tertiary alicyclic amines) is 1. The predicted molar refractivity (Wildman–Crippen MR) is 87.8 cm³/mol. The number of nitrogens with one attached hydrogen (secondary N) is 1. The Morgan fingerprint density at radius 1 is 1.21 bits per heavy atom. The number of ether oxygens (including phenoxy) is 1. The lowest BCUT2D eigenvalue weighted by Gasteiger charge is -2.32. The summed E-state index contributed by atoms with van der Waals surface area (Å²) in [5.74, 6) is 1.09. The summed E-state index contributed by atoms with van der Waals surface area (Å²) in [5.41, 5.74) is 0.386. The van der Waals surface area contributed by atoms with Gasteiger partial charge in [0, 0.05) is 43.9 Å². The van der Waals surface area contributed by atoms with E-state index in [4.69, 9.17) is 4.74 Å². The van der Waals surface area contributed by atoms with Gasteiger partial charge in [0.25, 0.3) is 11.8 Å². The first-order chi connectivity index (χ1) is 11.8. The van der Waals surface area contributed by atoms with Crippen molar-refractivity contribution in [3.63, 3.8) is 0 Å². The molecule has 0 spiro atoms. The van der Waals surface area contributed by atoms with Crippen molar-refractivity contribution in [3.8, 4) is 5.88 Å². The Morgan fingerprint density at radius 2 is 1.96 bits per heavy atom. The number of aromatic nitrogens is 4. The van der Waals surface area contributed by atoms with Gasteiger partial charge in [0.15, 0.2) is 5.82 Å². The molecule has 0 radical (unpaired) electrons. The molecule has 0 atom stereocenters. The quantitative estimate of drug-likeness (QED) is 0.886. The van der Waals surface area contributed by atoms with Crippen molar-refractivity contribution in [2.75, 3.05) is 25.0 Å². The minimum atomic E-state index is -0.0731. The van der Waals surface area contributed by atoms with E-state index in [1.165, 1.54) is 12.4 Å². The van der Waals surface area contributed by atoms with Gasteiger partial charge in [0.2, 0.25) is 0 Å². The van der Waals surface area contributed by atoms with Crippen LogP contribution in [0.2, 0.25) is 0 Å². The molecule has 1 aliphatic rings. The van der Waals surface area contributed by atoms with Gasteiger partial charge < -0.3 is 15.0 Å². The van der Waals surface area contributed by atoms with Gasteiger partial charge in [0.1, 0.15) is 5.69 Å². The Labute approximate surface area is 140 Å². The molecule has 24 heavy (non-hydrogen) atoms. The predicted octanol–water partition coefficient (Wildman–Crippen LogP) is 1.38. The molecule has 1 aliphatic heterocycles. The molecule has 2 aromatic rings. The topological polar surface area (TPSA) is 93.1 Å². The monoisotopic (exact) mass is 328 g/mol. The van der Waals surface area contributed by atoms with Gasteiger partial charge in [-0.25, -0.2) is 15.0 Å². The molecular formula is C16H20N6O2. The molecule has 0 aliphatic carbocycles. The van der Waals surface area contributed by atoms with Crippen LogP contribution in [0.3, 0.4) is 0 Å². The number of amides is 1. The molecule has 0 unspecified atom stereocenters. The highest BCUT2D eigenvalue weighted by Gasteiger charge is 2.25. The largest absolute Gasteiger partial charge is 0.475 e. The molecule has 3 rings (SSSR count). The number of rotatable bonds is 5. The van der Waals surface area contributed by atoms with Crippen molar-refractivity contribution >= 4 is 11.7 Å². The first-order valence-corrected chi connectivity index (χ1v) is 8.03. The van der Waals surface area contributed by atoms with Gasteiger partial charge in [-0.1, -0.05) is 0 Å². The minimum absolute atomic E-state index is 0.0731. The Bertz CT molecular complexity index is 673. The number of carbonyl (C=O) groups excluding carboxylic acids is 1. The average Bonchev–Trinajstić information content (AvgIpc) is 2.64. The van der Waals surface area contributed by atoms with Gasteiger partial charge in [-0.05, 0) is 19.8 Å². The van der Waals surface area contributed by atoms with Gasteiger partial charge in [-0.2, -0.15) is 0 Å². The highest BCUT2D eigenvalue weighted by Crippen LogP contribution is 2.22. The van der Waals surface area contributed by atoms with Gasteiger partial charge in [-0.15, -0.1) is 0 Å². The number of piperidine rings is 1. The summed E-state index contributed by atoms with van der Waals surface area (Å²) in [6.07, 6.45) is 9.49. The SMILES string of the molecule is CCOc1nccnc1NC1CCN(C(=O)c2cnccn2)CC1. The molecule has 2 aromatic heterocycles. The van der Waals surface area contributed by atoms with E-state index in [-0.39, 0.29) is 11.9 Å². The van der Waals surface area contributed by atoms with E-state index in [9.17, 15) is 4.79 Å². The fraction of sp³-hybridized carbons (Fsp3) is 0.438. The van der Waals surface area contributed by atoms with Crippen LogP contribution in [0, 0.1) is 0 Å². The standard InChI is InChI=1S/C16H20N6O2/c1-2-24-15-14(19-7-8-20-15)21-12-3-9-22(10-4-12)16(23)13-11-17-5-6-18-13/h5-8,11-12H,2-4,9-10H2,1H3,(H,19,21). The van der Waals surface area contributed by atoms with E-state index in [0.29, 0.717) is 37.1 Å². The zero-order valence-electron chi connectivity index (χ0n) is 13.6. The smallest absolute Gasteiger partial charge is 0.274 e. The van der Waals surface area contributed by atoms with Crippen LogP contribution in [0.4, 0.5) is 5.82 Å². The Hall–Kier alpha value is -2.77. The molecule has 0 saturated carbocycles.